The number of hydrogen-bond acceptors (Lipinski definition) is 5. The fourth-order valence-corrected chi connectivity index (χ4v) is 3.36. The zero-order valence-corrected chi connectivity index (χ0v) is 11.7. The molecule has 1 aliphatic rings. The highest BCUT2D eigenvalue weighted by molar-refractivity contribution is 7.17. The number of nitro groups is 1. The number of carboxylic acids is 1. The van der Waals surface area contributed by atoms with Crippen LogP contribution in [0.2, 0.25) is 0 Å². The quantitative estimate of drug-likeness (QED) is 0.677. The van der Waals surface area contributed by atoms with Crippen LogP contribution in [0.3, 0.4) is 0 Å². The molecule has 0 bridgehead atoms. The average molecular weight is 298 g/mol. The van der Waals surface area contributed by atoms with E-state index in [4.69, 9.17) is 0 Å². The summed E-state index contributed by atoms with van der Waals surface area (Å²) in [7, 11) is 0. The second kappa shape index (κ2) is 5.20. The van der Waals surface area contributed by atoms with Gasteiger partial charge in [0.15, 0.2) is 0 Å². The Morgan fingerprint density at radius 1 is 1.55 bits per heavy atom. The smallest absolute Gasteiger partial charge is 0.329 e. The lowest BCUT2D eigenvalue weighted by molar-refractivity contribution is -0.380. The van der Waals surface area contributed by atoms with Gasteiger partial charge >= 0.3 is 11.0 Å². The molecule has 8 heteroatoms. The average Bonchev–Trinajstić information content (AvgIpc) is 3.05. The molecule has 0 spiro atoms. The Kier molecular flexibility index (Phi) is 3.76. The largest absolute Gasteiger partial charge is 0.479 e. The van der Waals surface area contributed by atoms with E-state index in [1.165, 1.54) is 17.0 Å². The minimum absolute atomic E-state index is 0.120. The van der Waals surface area contributed by atoms with Crippen LogP contribution in [0, 0.1) is 10.1 Å². The first-order valence-electron chi connectivity index (χ1n) is 6.22. The van der Waals surface area contributed by atoms with Crippen LogP contribution >= 0.6 is 11.3 Å². The van der Waals surface area contributed by atoms with Crippen molar-refractivity contribution in [3.8, 4) is 0 Å². The Labute approximate surface area is 119 Å². The third-order valence-electron chi connectivity index (χ3n) is 3.70. The minimum atomic E-state index is -1.18. The van der Waals surface area contributed by atoms with E-state index in [-0.39, 0.29) is 9.88 Å². The second-order valence-electron chi connectivity index (χ2n) is 4.65. The van der Waals surface area contributed by atoms with Crippen molar-refractivity contribution in [3.05, 3.63) is 27.1 Å². The summed E-state index contributed by atoms with van der Waals surface area (Å²) < 4.78 is 0. The molecule has 0 aliphatic carbocycles. The van der Waals surface area contributed by atoms with Crippen LogP contribution in [0.1, 0.15) is 35.9 Å². The number of nitrogens with zero attached hydrogens (tertiary/aromatic N) is 2. The van der Waals surface area contributed by atoms with Gasteiger partial charge in [0.2, 0.25) is 0 Å². The first kappa shape index (κ1) is 14.4. The first-order chi connectivity index (χ1) is 9.42. The van der Waals surface area contributed by atoms with E-state index in [9.17, 15) is 24.8 Å². The molecule has 0 saturated carbocycles. The van der Waals surface area contributed by atoms with Crippen molar-refractivity contribution >= 4 is 28.2 Å². The topological polar surface area (TPSA) is 101 Å². The van der Waals surface area contributed by atoms with Gasteiger partial charge in [-0.2, -0.15) is 0 Å². The van der Waals surface area contributed by atoms with Gasteiger partial charge < -0.3 is 10.0 Å². The maximum absolute atomic E-state index is 12.4. The van der Waals surface area contributed by atoms with Gasteiger partial charge in [-0.25, -0.2) is 4.79 Å². The summed E-state index contributed by atoms with van der Waals surface area (Å²) in [6.45, 7) is 2.10. The van der Waals surface area contributed by atoms with Crippen LogP contribution in [0.5, 0.6) is 0 Å². The molecular weight excluding hydrogens is 284 g/mol. The molecule has 1 aliphatic heterocycles. The van der Waals surface area contributed by atoms with Gasteiger partial charge in [0.1, 0.15) is 5.54 Å². The number of likely N-dealkylation sites (tertiary alicyclic amines) is 1. The second-order valence-corrected chi connectivity index (χ2v) is 5.71. The monoisotopic (exact) mass is 298 g/mol. The predicted molar refractivity (Wildman–Crippen MR) is 71.9 cm³/mol. The van der Waals surface area contributed by atoms with Crippen molar-refractivity contribution in [1.29, 1.82) is 0 Å². The molecule has 0 aromatic carbocycles. The summed E-state index contributed by atoms with van der Waals surface area (Å²) in [6, 6.07) is 2.65. The SMILES string of the molecule is CCC1(C(=O)O)CCCN1C(=O)c1ccc([N+](=O)[O-])s1. The normalized spacial score (nSPS) is 21.9. The molecule has 1 saturated heterocycles. The van der Waals surface area contributed by atoms with Gasteiger partial charge in [-0.1, -0.05) is 18.3 Å². The highest BCUT2D eigenvalue weighted by Crippen LogP contribution is 2.35. The molecule has 1 unspecified atom stereocenters. The van der Waals surface area contributed by atoms with Gasteiger partial charge in [0.05, 0.1) is 9.80 Å². The van der Waals surface area contributed by atoms with Crippen LogP contribution in [-0.2, 0) is 4.79 Å². The van der Waals surface area contributed by atoms with E-state index in [1.807, 2.05) is 0 Å². The highest BCUT2D eigenvalue weighted by Gasteiger charge is 2.49. The summed E-state index contributed by atoms with van der Waals surface area (Å²) in [4.78, 5) is 35.6. The van der Waals surface area contributed by atoms with E-state index in [0.29, 0.717) is 25.8 Å². The molecule has 0 radical (unpaired) electrons. The van der Waals surface area contributed by atoms with Crippen molar-refractivity contribution in [1.82, 2.24) is 4.90 Å². The zero-order chi connectivity index (χ0) is 14.9. The zero-order valence-electron chi connectivity index (χ0n) is 10.9. The van der Waals surface area contributed by atoms with E-state index in [0.717, 1.165) is 11.3 Å². The van der Waals surface area contributed by atoms with Gasteiger partial charge in [0.25, 0.3) is 5.91 Å². The third-order valence-corrected chi connectivity index (χ3v) is 4.72. The van der Waals surface area contributed by atoms with Crippen LogP contribution in [0.25, 0.3) is 0 Å². The fourth-order valence-electron chi connectivity index (χ4n) is 2.59. The predicted octanol–water partition coefficient (Wildman–Crippen LogP) is 2.13. The van der Waals surface area contributed by atoms with Crippen molar-refractivity contribution < 1.29 is 19.6 Å². The maximum atomic E-state index is 12.4. The molecule has 1 N–H and O–H groups in total. The van der Waals surface area contributed by atoms with Crippen LogP contribution in [0.4, 0.5) is 5.00 Å². The molecule has 1 atom stereocenters. The Morgan fingerprint density at radius 2 is 2.25 bits per heavy atom. The van der Waals surface area contributed by atoms with E-state index >= 15 is 0 Å². The van der Waals surface area contributed by atoms with Gasteiger partial charge in [-0.3, -0.25) is 14.9 Å². The van der Waals surface area contributed by atoms with E-state index < -0.39 is 22.3 Å². The van der Waals surface area contributed by atoms with Crippen LogP contribution < -0.4 is 0 Å². The maximum Gasteiger partial charge on any atom is 0.329 e. The Morgan fingerprint density at radius 3 is 2.75 bits per heavy atom. The number of hydrogen-bond donors (Lipinski definition) is 1. The van der Waals surface area contributed by atoms with Gasteiger partial charge in [-0.15, -0.1) is 0 Å². The summed E-state index contributed by atoms with van der Waals surface area (Å²) in [6.07, 6.45) is 1.36. The Hall–Kier alpha value is -1.96. The summed E-state index contributed by atoms with van der Waals surface area (Å²) in [5, 5.41) is 20.0. The van der Waals surface area contributed by atoms with Crippen molar-refractivity contribution in [3.63, 3.8) is 0 Å². The number of rotatable bonds is 4. The third kappa shape index (κ3) is 2.15. The first-order valence-corrected chi connectivity index (χ1v) is 7.03. The Balaban J connectivity index is 2.31. The van der Waals surface area contributed by atoms with Crippen molar-refractivity contribution in [2.24, 2.45) is 0 Å². The highest BCUT2D eigenvalue weighted by atomic mass is 32.1. The number of carboxylic acid groups (broad SMARTS) is 1. The molecule has 2 heterocycles. The number of aliphatic carboxylic acids is 1. The molecule has 1 fully saturated rings. The van der Waals surface area contributed by atoms with Crippen LogP contribution in [-0.4, -0.2) is 38.9 Å². The van der Waals surface area contributed by atoms with Crippen molar-refractivity contribution in [2.75, 3.05) is 6.54 Å². The van der Waals surface area contributed by atoms with Gasteiger partial charge in [0, 0.05) is 12.6 Å². The van der Waals surface area contributed by atoms with E-state index in [2.05, 4.69) is 0 Å². The number of carbonyl (C=O) groups excluding carboxylic acids is 1. The number of amides is 1. The number of carbonyl (C=O) groups is 2. The standard InChI is InChI=1S/C12H14N2O5S/c1-2-12(11(16)17)6-3-7-13(12)10(15)8-4-5-9(20-8)14(18)19/h4-5H,2-3,6-7H2,1H3,(H,16,17). The summed E-state index contributed by atoms with van der Waals surface area (Å²) in [5.74, 6) is -1.46. The van der Waals surface area contributed by atoms with Gasteiger partial charge in [-0.05, 0) is 25.3 Å². The van der Waals surface area contributed by atoms with Crippen molar-refractivity contribution in [2.45, 2.75) is 31.7 Å². The molecule has 1 aromatic heterocycles. The fraction of sp³-hybridized carbons (Fsp3) is 0.500. The molecule has 20 heavy (non-hydrogen) atoms. The lowest BCUT2D eigenvalue weighted by Crippen LogP contribution is -2.52. The molecule has 7 nitrogen and oxygen atoms in total. The number of thiophene rings is 1. The molecule has 1 amide bonds. The summed E-state index contributed by atoms with van der Waals surface area (Å²) >= 11 is 0.776. The minimum Gasteiger partial charge on any atom is -0.479 e. The molecule has 1 aromatic rings. The molecule has 108 valence electrons. The lowest BCUT2D eigenvalue weighted by atomic mass is 9.93. The lowest BCUT2D eigenvalue weighted by Gasteiger charge is -2.33. The molecule has 2 rings (SSSR count). The van der Waals surface area contributed by atoms with Crippen LogP contribution in [0.15, 0.2) is 12.1 Å². The van der Waals surface area contributed by atoms with E-state index in [1.54, 1.807) is 6.92 Å². The Bertz CT molecular complexity index is 570. The summed E-state index contributed by atoms with van der Waals surface area (Å²) in [5.41, 5.74) is -1.18. The molecular formula is C12H14N2O5S.